The third-order valence-corrected chi connectivity index (χ3v) is 23.3. The number of fused-ring (bicyclic) bond motifs is 1. The number of ketones is 2. The third-order valence-electron chi connectivity index (χ3n) is 22.2. The molecule has 1 aliphatic heterocycles. The first-order chi connectivity index (χ1) is 60.9. The number of carboxylic acid groups (broad SMARTS) is 1. The first-order valence-electron chi connectivity index (χ1n) is 42.7. The molecular formula is C94H118N14O19S. The van der Waals surface area contributed by atoms with E-state index in [1.807, 2.05) is 6.92 Å². The molecule has 0 aliphatic carbocycles. The molecule has 0 radical (unpaired) electrons. The van der Waals surface area contributed by atoms with E-state index in [0.29, 0.717) is 57.1 Å². The minimum atomic E-state index is -1.90. The molecule has 1 saturated heterocycles. The number of benzene rings is 6. The van der Waals surface area contributed by atoms with Crippen molar-refractivity contribution >= 4 is 117 Å². The number of Topliss-reactive ketones (excluding diaryl/α,β-unsaturated/α-hetero) is 2. The Bertz CT molecular complexity index is 5020. The lowest BCUT2D eigenvalue weighted by Crippen LogP contribution is -2.61. The maximum absolute atomic E-state index is 15.4. The minimum absolute atomic E-state index is 0.00713. The van der Waals surface area contributed by atoms with Crippen molar-refractivity contribution < 1.29 is 92.0 Å². The lowest BCUT2D eigenvalue weighted by Gasteiger charge is -2.34. The Hall–Kier alpha value is -13.3. The summed E-state index contributed by atoms with van der Waals surface area (Å²) >= 11 is 0.950. The van der Waals surface area contributed by atoms with Crippen LogP contribution in [0.15, 0.2) is 170 Å². The Balaban J connectivity index is 1.20. The topological polar surface area (TPSA) is 485 Å². The van der Waals surface area contributed by atoms with E-state index in [1.165, 1.54) is 81.6 Å². The molecule has 0 unspecified atom stereocenters. The number of rotatable bonds is 23. The summed E-state index contributed by atoms with van der Waals surface area (Å²) in [6.45, 7) is 6.31. The van der Waals surface area contributed by atoms with Crippen molar-refractivity contribution in [2.45, 2.75) is 172 Å². The van der Waals surface area contributed by atoms with Crippen molar-refractivity contribution in [2.75, 3.05) is 59.3 Å². The number of aliphatic carboxylic acids is 1. The van der Waals surface area contributed by atoms with Gasteiger partial charge in [-0.1, -0.05) is 181 Å². The fourth-order valence-electron chi connectivity index (χ4n) is 15.1. The van der Waals surface area contributed by atoms with E-state index in [0.717, 1.165) is 26.5 Å². The van der Waals surface area contributed by atoms with Crippen LogP contribution in [0, 0.1) is 23.7 Å². The van der Waals surface area contributed by atoms with E-state index in [1.54, 1.807) is 149 Å². The number of nitrogens with two attached hydrogens (primary N) is 1. The zero-order chi connectivity index (χ0) is 93.4. The van der Waals surface area contributed by atoms with Crippen LogP contribution in [0.5, 0.6) is 11.5 Å². The molecule has 0 spiro atoms. The Labute approximate surface area is 748 Å². The number of likely N-dealkylation sites (N-methyl/N-ethyl adjacent to an activating group) is 4. The standard InChI is InChI=1S/C94H118N14O19S/c1-10-11-30-71-92(125)105(6)52-82(115)99-75(49-83(116)117)88(121)104-84(57(4)5)94(127)108(9)78(45-60-27-19-14-20-28-60)90(123)103-76(43-62-34-38-67(110)39-35-62)93(126)106(7)53-81(114)98-74(47-64-50-96-70-31-22-21-29-69(64)70)87(120)102-73(42-61-32-36-66(109)37-33-61)86(119)101-72(40-56(2)3)79(112)48-65(85(118)97-51-80(95)113)54-128-55-68(111)46-63(41-58-23-15-12-16-24-58)91(124)107(8)77(89(122)100-71)44-59-25-17-13-18-26-59/h12-29,31-39,50,56-57,63,65,71-78,84,96,109-110H,10-11,30,40-49,51-55H2,1-9H3,(H2,95,113)(H,97,118)(H,98,114)(H,99,115)(H,100,122)(H,101,119)(H,102,120)(H,103,123)(H,104,121)(H,116,117)/t63-,65+,71+,72+,73+,74+,75+,76+,77+,78+,84+/m1/s1. The Morgan fingerprint density at radius 1 is 0.492 bits per heavy atom. The number of carbonyl (C=O) groups is 16. The van der Waals surface area contributed by atoms with Crippen LogP contribution < -0.4 is 48.3 Å². The van der Waals surface area contributed by atoms with Crippen LogP contribution in [-0.2, 0) is 115 Å². The maximum atomic E-state index is 15.4. The highest BCUT2D eigenvalue weighted by molar-refractivity contribution is 8.00. The number of hydrogen-bond acceptors (Lipinski definition) is 19. The van der Waals surface area contributed by atoms with Gasteiger partial charge in [-0.2, -0.15) is 11.8 Å². The predicted molar refractivity (Wildman–Crippen MR) is 480 cm³/mol. The lowest BCUT2D eigenvalue weighted by atomic mass is 9.92. The molecule has 1 aliphatic rings. The number of nitrogens with one attached hydrogen (secondary N) is 9. The van der Waals surface area contributed by atoms with E-state index in [4.69, 9.17) is 5.73 Å². The van der Waals surface area contributed by atoms with Gasteiger partial charge in [0.1, 0.15) is 65.6 Å². The number of carbonyl (C=O) groups excluding carboxylic acids is 15. The Morgan fingerprint density at radius 3 is 1.46 bits per heavy atom. The second-order valence-corrected chi connectivity index (χ2v) is 34.3. The van der Waals surface area contributed by atoms with Gasteiger partial charge >= 0.3 is 5.97 Å². The summed E-state index contributed by atoms with van der Waals surface area (Å²) in [5, 5.41) is 53.1. The van der Waals surface area contributed by atoms with E-state index in [2.05, 4.69) is 47.5 Å². The second kappa shape index (κ2) is 49.0. The summed E-state index contributed by atoms with van der Waals surface area (Å²) < 4.78 is 0. The number of H-pyrrole nitrogens is 1. The largest absolute Gasteiger partial charge is 0.508 e. The number of nitrogens with zero attached hydrogens (tertiary/aromatic N) is 4. The summed E-state index contributed by atoms with van der Waals surface area (Å²) in [6.07, 6.45) is -0.616. The molecule has 128 heavy (non-hydrogen) atoms. The van der Waals surface area contributed by atoms with Gasteiger partial charge in [-0.3, -0.25) is 76.7 Å². The number of phenolic OH excluding ortho intramolecular Hbond substituents is 2. The van der Waals surface area contributed by atoms with Gasteiger partial charge in [0.15, 0.2) is 5.78 Å². The molecule has 13 amide bonds. The normalized spacial score (nSPS) is 22.0. The van der Waals surface area contributed by atoms with Crippen LogP contribution in [0.1, 0.15) is 113 Å². The number of thioether (sulfide) groups is 1. The van der Waals surface area contributed by atoms with Gasteiger partial charge in [0.25, 0.3) is 0 Å². The maximum Gasteiger partial charge on any atom is 0.305 e. The Kier molecular flexibility index (Phi) is 38.3. The van der Waals surface area contributed by atoms with E-state index < -0.39 is 205 Å². The SMILES string of the molecule is CCCC[C@@H]1NC(=O)[C@H](Cc2ccccc2)N(C)C(=O)[C@H](Cc2ccccc2)CC(=O)CSC[C@@H](C(=O)NCC(N)=O)CC(=O)[C@H](CC(C)C)NC(=O)[C@H](Cc2ccc(O)cc2)NC(=O)[C@H](Cc2c[nH]c3ccccc23)NC(=O)CN(C)C(=O)[C@H](Cc2ccc(O)cc2)NC(=O)[C@H](Cc2ccccc2)N(C)C(=O)[C@H](C(C)C)NC(=O)[C@H](CC(=O)O)NC(=O)CN(C)C1=O. The molecule has 33 nitrogen and oxygen atoms in total. The lowest BCUT2D eigenvalue weighted by molar-refractivity contribution is -0.145. The van der Waals surface area contributed by atoms with Crippen LogP contribution in [0.4, 0.5) is 0 Å². The molecule has 11 atom stereocenters. The highest BCUT2D eigenvalue weighted by Crippen LogP contribution is 2.26. The molecule has 14 N–H and O–H groups in total. The van der Waals surface area contributed by atoms with Crippen molar-refractivity contribution in [1.82, 2.24) is 67.1 Å². The van der Waals surface area contributed by atoms with Crippen molar-refractivity contribution in [2.24, 2.45) is 29.4 Å². The van der Waals surface area contributed by atoms with Crippen LogP contribution in [-0.4, -0.2) is 248 Å². The fraction of sp³-hybridized carbons (Fsp3) is 0.426. The van der Waals surface area contributed by atoms with Crippen LogP contribution in [0.25, 0.3) is 10.9 Å². The number of para-hydroxylation sites is 1. The molecule has 1 aromatic heterocycles. The molecular weight excluding hydrogens is 1660 g/mol. The number of aromatic amines is 1. The Morgan fingerprint density at radius 2 is 0.945 bits per heavy atom. The highest BCUT2D eigenvalue weighted by Gasteiger charge is 2.41. The van der Waals surface area contributed by atoms with Gasteiger partial charge in [-0.25, -0.2) is 0 Å². The van der Waals surface area contributed by atoms with Crippen LogP contribution in [0.3, 0.4) is 0 Å². The molecule has 34 heteroatoms. The smallest absolute Gasteiger partial charge is 0.305 e. The van der Waals surface area contributed by atoms with Gasteiger partial charge in [0, 0.05) is 102 Å². The van der Waals surface area contributed by atoms with Crippen molar-refractivity contribution in [3.8, 4) is 11.5 Å². The van der Waals surface area contributed by atoms with Gasteiger partial charge in [-0.15, -0.1) is 0 Å². The molecule has 1 fully saturated rings. The first kappa shape index (κ1) is 100. The number of phenols is 2. The number of hydrogen-bond donors (Lipinski definition) is 13. The second-order valence-electron chi connectivity index (χ2n) is 33.3. The summed E-state index contributed by atoms with van der Waals surface area (Å²) in [5.74, 6) is -18.7. The van der Waals surface area contributed by atoms with Crippen LogP contribution >= 0.6 is 11.8 Å². The summed E-state index contributed by atoms with van der Waals surface area (Å²) in [7, 11) is 5.20. The van der Waals surface area contributed by atoms with E-state index >= 15 is 38.4 Å². The molecule has 6 aromatic carbocycles. The molecule has 7 aromatic rings. The van der Waals surface area contributed by atoms with Crippen molar-refractivity contribution in [3.05, 3.63) is 203 Å². The minimum Gasteiger partial charge on any atom is -0.508 e. The monoisotopic (exact) mass is 1780 g/mol. The zero-order valence-electron chi connectivity index (χ0n) is 73.5. The highest BCUT2D eigenvalue weighted by atomic mass is 32.2. The summed E-state index contributed by atoms with van der Waals surface area (Å²) in [5.41, 5.74) is 9.27. The summed E-state index contributed by atoms with van der Waals surface area (Å²) in [4.78, 5) is 242. The number of unbranched alkanes of at least 4 members (excludes halogenated alkanes) is 1. The van der Waals surface area contributed by atoms with Crippen LogP contribution in [0.2, 0.25) is 0 Å². The van der Waals surface area contributed by atoms with Crippen molar-refractivity contribution in [3.63, 3.8) is 0 Å². The number of carboxylic acids is 1. The van der Waals surface area contributed by atoms with E-state index in [9.17, 15) is 53.7 Å². The van der Waals surface area contributed by atoms with Gasteiger partial charge in [0.05, 0.1) is 43.8 Å². The van der Waals surface area contributed by atoms with Crippen molar-refractivity contribution in [1.29, 1.82) is 0 Å². The molecule has 8 rings (SSSR count). The molecule has 2 heterocycles. The third kappa shape index (κ3) is 30.8. The quantitative estimate of drug-likeness (QED) is 0.0427. The summed E-state index contributed by atoms with van der Waals surface area (Å²) in [6, 6.07) is 30.7. The molecule has 0 saturated carbocycles. The van der Waals surface area contributed by atoms with Gasteiger partial charge in [-0.05, 0) is 94.8 Å². The fourth-order valence-corrected chi connectivity index (χ4v) is 16.2. The van der Waals surface area contributed by atoms with Gasteiger partial charge < -0.3 is 88.2 Å². The number of amides is 13. The first-order valence-corrected chi connectivity index (χ1v) is 43.9. The molecule has 684 valence electrons. The van der Waals surface area contributed by atoms with Gasteiger partial charge in [0.2, 0.25) is 76.8 Å². The number of primary amides is 1. The average molecular weight is 1780 g/mol. The predicted octanol–water partition coefficient (Wildman–Crippen LogP) is 4.17. The van der Waals surface area contributed by atoms with E-state index in [-0.39, 0.29) is 80.3 Å². The number of aromatic hydroxyl groups is 2. The average Bonchev–Trinajstić information content (AvgIpc) is 1.59. The zero-order valence-corrected chi connectivity index (χ0v) is 74.4. The molecule has 0 bridgehead atoms. The number of aromatic nitrogens is 1.